The Labute approximate surface area is 118 Å². The van der Waals surface area contributed by atoms with Crippen molar-refractivity contribution < 1.29 is 9.52 Å². The van der Waals surface area contributed by atoms with Crippen LogP contribution in [-0.2, 0) is 6.61 Å². The van der Waals surface area contributed by atoms with Gasteiger partial charge in [0.05, 0.1) is 12.6 Å². The van der Waals surface area contributed by atoms with Crippen LogP contribution in [0.5, 0.6) is 0 Å². The van der Waals surface area contributed by atoms with E-state index in [1.807, 2.05) is 6.07 Å². The van der Waals surface area contributed by atoms with Gasteiger partial charge in [0.1, 0.15) is 12.0 Å². The molecule has 5 nitrogen and oxygen atoms in total. The number of likely N-dealkylation sites (N-methyl/N-ethyl adjacent to an activating group) is 1. The number of hydrogen-bond donors (Lipinski definition) is 1. The summed E-state index contributed by atoms with van der Waals surface area (Å²) in [6.07, 6.45) is 1.52. The summed E-state index contributed by atoms with van der Waals surface area (Å²) in [5.74, 6) is 0. The molecule has 0 bridgehead atoms. The zero-order valence-corrected chi connectivity index (χ0v) is 11.6. The maximum absolute atomic E-state index is 9.13. The van der Waals surface area contributed by atoms with Gasteiger partial charge in [-0.1, -0.05) is 30.3 Å². The van der Waals surface area contributed by atoms with Gasteiger partial charge in [-0.05, 0) is 12.6 Å². The van der Waals surface area contributed by atoms with Crippen molar-refractivity contribution in [2.75, 3.05) is 31.6 Å². The van der Waals surface area contributed by atoms with E-state index in [4.69, 9.17) is 9.52 Å². The van der Waals surface area contributed by atoms with Gasteiger partial charge < -0.3 is 19.3 Å². The van der Waals surface area contributed by atoms with Crippen LogP contribution in [0.2, 0.25) is 0 Å². The van der Waals surface area contributed by atoms with Crippen LogP contribution >= 0.6 is 0 Å². The Kier molecular flexibility index (Phi) is 3.71. The van der Waals surface area contributed by atoms with E-state index in [9.17, 15) is 0 Å². The van der Waals surface area contributed by atoms with Gasteiger partial charge in [0.2, 0.25) is 0 Å². The first-order valence-corrected chi connectivity index (χ1v) is 6.83. The van der Waals surface area contributed by atoms with Crippen LogP contribution in [0.25, 0.3) is 0 Å². The van der Waals surface area contributed by atoms with E-state index < -0.39 is 0 Å². The fourth-order valence-electron chi connectivity index (χ4n) is 2.61. The van der Waals surface area contributed by atoms with Gasteiger partial charge in [0.15, 0.2) is 0 Å². The molecule has 1 unspecified atom stereocenters. The van der Waals surface area contributed by atoms with Gasteiger partial charge in [-0.15, -0.1) is 0 Å². The number of oxazole rings is 1. The number of benzene rings is 1. The summed E-state index contributed by atoms with van der Waals surface area (Å²) in [5.41, 5.74) is 1.83. The summed E-state index contributed by atoms with van der Waals surface area (Å²) in [7, 11) is 2.13. The highest BCUT2D eigenvalue weighted by Gasteiger charge is 2.29. The number of aliphatic hydroxyl groups excluding tert-OH is 1. The van der Waals surface area contributed by atoms with Crippen molar-refractivity contribution in [2.24, 2.45) is 0 Å². The number of hydrogen-bond acceptors (Lipinski definition) is 5. The Hall–Kier alpha value is -1.85. The molecule has 20 heavy (non-hydrogen) atoms. The monoisotopic (exact) mass is 273 g/mol. The van der Waals surface area contributed by atoms with Crippen molar-refractivity contribution in [2.45, 2.75) is 12.6 Å². The molecular formula is C15H19N3O2. The Bertz CT molecular complexity index is 555. The van der Waals surface area contributed by atoms with Gasteiger partial charge in [0, 0.05) is 19.6 Å². The van der Waals surface area contributed by atoms with E-state index in [-0.39, 0.29) is 12.6 Å². The molecule has 0 spiro atoms. The fourth-order valence-corrected chi connectivity index (χ4v) is 2.61. The van der Waals surface area contributed by atoms with E-state index in [0.29, 0.717) is 11.7 Å². The maximum Gasteiger partial charge on any atom is 0.298 e. The highest BCUT2D eigenvalue weighted by molar-refractivity contribution is 5.36. The second-order valence-electron chi connectivity index (χ2n) is 5.16. The zero-order chi connectivity index (χ0) is 13.9. The molecule has 0 saturated carbocycles. The first-order valence-electron chi connectivity index (χ1n) is 6.83. The molecule has 1 saturated heterocycles. The van der Waals surface area contributed by atoms with Crippen LogP contribution in [-0.4, -0.2) is 41.7 Å². The molecule has 5 heteroatoms. The summed E-state index contributed by atoms with van der Waals surface area (Å²) in [4.78, 5) is 8.83. The van der Waals surface area contributed by atoms with E-state index >= 15 is 0 Å². The molecule has 0 aliphatic carbocycles. The quantitative estimate of drug-likeness (QED) is 0.921. The molecule has 3 rings (SSSR count). The van der Waals surface area contributed by atoms with Crippen molar-refractivity contribution in [3.05, 3.63) is 47.9 Å². The molecule has 2 heterocycles. The van der Waals surface area contributed by atoms with Crippen LogP contribution in [0.4, 0.5) is 6.01 Å². The summed E-state index contributed by atoms with van der Waals surface area (Å²) in [6.45, 7) is 2.68. The number of aromatic nitrogens is 1. The van der Waals surface area contributed by atoms with Gasteiger partial charge >= 0.3 is 0 Å². The van der Waals surface area contributed by atoms with Gasteiger partial charge in [0.25, 0.3) is 6.01 Å². The Morgan fingerprint density at radius 2 is 2.10 bits per heavy atom. The minimum absolute atomic E-state index is 0.0900. The fraction of sp³-hybridized carbons (Fsp3) is 0.400. The van der Waals surface area contributed by atoms with Crippen LogP contribution in [0.15, 0.2) is 41.0 Å². The molecule has 1 fully saturated rings. The van der Waals surface area contributed by atoms with Crippen LogP contribution in [0.3, 0.4) is 0 Å². The molecule has 1 aliphatic heterocycles. The highest BCUT2D eigenvalue weighted by atomic mass is 16.4. The largest absolute Gasteiger partial charge is 0.432 e. The molecule has 1 aromatic carbocycles. The molecule has 1 aliphatic rings. The van der Waals surface area contributed by atoms with Crippen LogP contribution in [0, 0.1) is 0 Å². The minimum atomic E-state index is -0.0900. The Morgan fingerprint density at radius 3 is 2.80 bits per heavy atom. The third-order valence-electron chi connectivity index (χ3n) is 3.72. The Morgan fingerprint density at radius 1 is 1.30 bits per heavy atom. The molecule has 1 aromatic heterocycles. The number of aliphatic hydroxyl groups is 1. The van der Waals surface area contributed by atoms with Crippen molar-refractivity contribution >= 4 is 6.01 Å². The lowest BCUT2D eigenvalue weighted by molar-refractivity contribution is 0.260. The Balaban J connectivity index is 1.90. The van der Waals surface area contributed by atoms with E-state index in [1.165, 1.54) is 11.8 Å². The SMILES string of the molecule is CN1CCN(c2nc(CO)co2)C(c2ccccc2)C1. The molecule has 2 aromatic rings. The maximum atomic E-state index is 9.13. The van der Waals surface area contributed by atoms with E-state index in [2.05, 4.69) is 46.1 Å². The zero-order valence-electron chi connectivity index (χ0n) is 11.6. The molecule has 0 radical (unpaired) electrons. The number of rotatable bonds is 3. The van der Waals surface area contributed by atoms with Gasteiger partial charge in [-0.3, -0.25) is 0 Å². The topological polar surface area (TPSA) is 52.7 Å². The standard InChI is InChI=1S/C15H19N3O2/c1-17-7-8-18(15-16-13(10-19)11-20-15)14(9-17)12-5-3-2-4-6-12/h2-6,11,14,19H,7-10H2,1H3. The number of piperazine rings is 1. The average Bonchev–Trinajstić information content (AvgIpc) is 2.97. The highest BCUT2D eigenvalue weighted by Crippen LogP contribution is 2.29. The average molecular weight is 273 g/mol. The summed E-state index contributed by atoms with van der Waals surface area (Å²) in [6, 6.07) is 11.2. The van der Waals surface area contributed by atoms with Crippen LogP contribution < -0.4 is 4.90 Å². The van der Waals surface area contributed by atoms with Crippen LogP contribution in [0.1, 0.15) is 17.3 Å². The van der Waals surface area contributed by atoms with E-state index in [1.54, 1.807) is 0 Å². The third kappa shape index (κ3) is 2.55. The smallest absolute Gasteiger partial charge is 0.298 e. The predicted octanol–water partition coefficient (Wildman–Crippen LogP) is 1.66. The lowest BCUT2D eigenvalue weighted by Gasteiger charge is -2.39. The molecular weight excluding hydrogens is 254 g/mol. The summed E-state index contributed by atoms with van der Waals surface area (Å²) >= 11 is 0. The second kappa shape index (κ2) is 5.64. The summed E-state index contributed by atoms with van der Waals surface area (Å²) < 4.78 is 5.52. The first kappa shape index (κ1) is 13.1. The van der Waals surface area contributed by atoms with Gasteiger partial charge in [-0.25, -0.2) is 0 Å². The van der Waals surface area contributed by atoms with Crippen molar-refractivity contribution in [1.82, 2.24) is 9.88 Å². The normalized spacial score (nSPS) is 20.3. The van der Waals surface area contributed by atoms with Crippen molar-refractivity contribution in [1.29, 1.82) is 0 Å². The third-order valence-corrected chi connectivity index (χ3v) is 3.72. The minimum Gasteiger partial charge on any atom is -0.432 e. The first-order chi connectivity index (χ1) is 9.78. The molecule has 1 N–H and O–H groups in total. The lowest BCUT2D eigenvalue weighted by atomic mass is 10.0. The summed E-state index contributed by atoms with van der Waals surface area (Å²) in [5, 5.41) is 9.13. The van der Waals surface area contributed by atoms with Crippen molar-refractivity contribution in [3.63, 3.8) is 0 Å². The number of nitrogens with zero attached hydrogens (tertiary/aromatic N) is 3. The predicted molar refractivity (Wildman–Crippen MR) is 76.5 cm³/mol. The molecule has 106 valence electrons. The lowest BCUT2D eigenvalue weighted by Crippen LogP contribution is -2.47. The van der Waals surface area contributed by atoms with Crippen molar-refractivity contribution in [3.8, 4) is 0 Å². The second-order valence-corrected chi connectivity index (χ2v) is 5.16. The van der Waals surface area contributed by atoms with E-state index in [0.717, 1.165) is 19.6 Å². The molecule has 0 amide bonds. The number of anilines is 1. The molecule has 1 atom stereocenters. The van der Waals surface area contributed by atoms with Gasteiger partial charge in [-0.2, -0.15) is 4.98 Å².